The molecule has 0 unspecified atom stereocenters. The van der Waals surface area contributed by atoms with Gasteiger partial charge in [-0.3, -0.25) is 4.99 Å². The quantitative estimate of drug-likeness (QED) is 0.441. The van der Waals surface area contributed by atoms with Gasteiger partial charge in [-0.05, 0) is 33.2 Å². The van der Waals surface area contributed by atoms with Crippen LogP contribution in [0.15, 0.2) is 15.1 Å². The Balaban J connectivity index is 2.60. The topological polar surface area (TPSA) is 52.4 Å². The fourth-order valence-corrected chi connectivity index (χ4v) is 1.79. The summed E-state index contributed by atoms with van der Waals surface area (Å²) >= 11 is 0. The molecule has 0 radical (unpaired) electrons. The largest absolute Gasteiger partial charge is 0.315 e. The minimum Gasteiger partial charge on any atom is -0.315 e. The van der Waals surface area contributed by atoms with Gasteiger partial charge in [0, 0.05) is 19.8 Å². The minimum absolute atomic E-state index is 0.366. The Morgan fingerprint density at radius 1 is 1.62 bits per heavy atom. The molecule has 0 aromatic carbocycles. The zero-order chi connectivity index (χ0) is 11.8. The van der Waals surface area contributed by atoms with Crippen LogP contribution in [-0.2, 0) is 0 Å². The van der Waals surface area contributed by atoms with E-state index >= 15 is 0 Å². The van der Waals surface area contributed by atoms with Gasteiger partial charge in [0.1, 0.15) is 12.2 Å². The number of hydrazone groups is 1. The SMILES string of the molecule is C=NN(/C(C)=N/C=N\CC)[C@@H]1CCCNC1. The van der Waals surface area contributed by atoms with Gasteiger partial charge in [-0.25, -0.2) is 10.0 Å². The van der Waals surface area contributed by atoms with Gasteiger partial charge in [0.05, 0.1) is 6.04 Å². The monoisotopic (exact) mass is 223 g/mol. The van der Waals surface area contributed by atoms with Crippen molar-refractivity contribution < 1.29 is 0 Å². The summed E-state index contributed by atoms with van der Waals surface area (Å²) in [6.07, 6.45) is 3.89. The molecule has 1 N–H and O–H groups in total. The molecule has 0 saturated carbocycles. The van der Waals surface area contributed by atoms with Gasteiger partial charge in [0.15, 0.2) is 0 Å². The van der Waals surface area contributed by atoms with Crippen molar-refractivity contribution in [3.63, 3.8) is 0 Å². The van der Waals surface area contributed by atoms with Gasteiger partial charge in [0.2, 0.25) is 0 Å². The molecule has 1 rings (SSSR count). The molecular weight excluding hydrogens is 202 g/mol. The number of nitrogens with one attached hydrogen (secondary N) is 1. The second-order valence-electron chi connectivity index (χ2n) is 3.78. The van der Waals surface area contributed by atoms with Crippen molar-refractivity contribution in [1.82, 2.24) is 10.3 Å². The lowest BCUT2D eigenvalue weighted by atomic mass is 10.1. The molecule has 1 aliphatic heterocycles. The average molecular weight is 223 g/mol. The highest BCUT2D eigenvalue weighted by Crippen LogP contribution is 2.11. The number of amidine groups is 1. The molecule has 0 bridgehead atoms. The van der Waals surface area contributed by atoms with E-state index in [9.17, 15) is 0 Å². The van der Waals surface area contributed by atoms with Crippen molar-refractivity contribution >= 4 is 18.9 Å². The summed E-state index contributed by atoms with van der Waals surface area (Å²) in [7, 11) is 0. The smallest absolute Gasteiger partial charge is 0.124 e. The van der Waals surface area contributed by atoms with Crippen LogP contribution in [0.3, 0.4) is 0 Å². The lowest BCUT2D eigenvalue weighted by molar-refractivity contribution is 0.266. The highest BCUT2D eigenvalue weighted by Gasteiger charge is 2.20. The van der Waals surface area contributed by atoms with Crippen molar-refractivity contribution in [2.24, 2.45) is 15.1 Å². The molecule has 1 aliphatic rings. The van der Waals surface area contributed by atoms with Gasteiger partial charge in [-0.2, -0.15) is 5.10 Å². The van der Waals surface area contributed by atoms with Gasteiger partial charge < -0.3 is 5.32 Å². The van der Waals surface area contributed by atoms with Crippen molar-refractivity contribution in [3.05, 3.63) is 0 Å². The molecule has 5 heteroatoms. The number of hydrogen-bond donors (Lipinski definition) is 1. The summed E-state index contributed by atoms with van der Waals surface area (Å²) in [6.45, 7) is 10.3. The Hall–Kier alpha value is -1.23. The third kappa shape index (κ3) is 3.73. The fraction of sp³-hybridized carbons (Fsp3) is 0.727. The van der Waals surface area contributed by atoms with E-state index in [0.717, 1.165) is 31.9 Å². The van der Waals surface area contributed by atoms with E-state index in [1.54, 1.807) is 6.34 Å². The molecule has 90 valence electrons. The summed E-state index contributed by atoms with van der Waals surface area (Å²) in [5, 5.41) is 9.28. The maximum absolute atomic E-state index is 4.25. The Morgan fingerprint density at radius 2 is 2.44 bits per heavy atom. The van der Waals surface area contributed by atoms with Crippen LogP contribution < -0.4 is 5.32 Å². The third-order valence-corrected chi connectivity index (χ3v) is 2.61. The number of hydrogen-bond acceptors (Lipinski definition) is 3. The number of piperidine rings is 1. The van der Waals surface area contributed by atoms with E-state index in [1.165, 1.54) is 6.42 Å². The molecule has 1 atom stereocenters. The standard InChI is InChI=1S/C11H21N5/c1-4-13-9-15-10(2)16(12-3)11-6-5-7-14-8-11/h9,11,14H,3-8H2,1-2H3/b13-9-,15-10+/t11-/m1/s1. The van der Waals surface area contributed by atoms with Crippen LogP contribution in [-0.4, -0.2) is 49.6 Å². The Bertz CT molecular complexity index is 266. The summed E-state index contributed by atoms with van der Waals surface area (Å²) < 4.78 is 0. The van der Waals surface area contributed by atoms with Crippen LogP contribution in [0.2, 0.25) is 0 Å². The third-order valence-electron chi connectivity index (χ3n) is 2.61. The van der Waals surface area contributed by atoms with Crippen molar-refractivity contribution in [2.45, 2.75) is 32.7 Å². The first kappa shape index (κ1) is 12.8. The first-order valence-electron chi connectivity index (χ1n) is 5.78. The highest BCUT2D eigenvalue weighted by atomic mass is 15.5. The lowest BCUT2D eigenvalue weighted by Gasteiger charge is -2.31. The van der Waals surface area contributed by atoms with Gasteiger partial charge in [0.25, 0.3) is 0 Å². The summed E-state index contributed by atoms with van der Waals surface area (Å²) in [6, 6.07) is 0.366. The number of nitrogens with zero attached hydrogens (tertiary/aromatic N) is 4. The molecule has 0 aromatic rings. The van der Waals surface area contributed by atoms with Crippen LogP contribution in [0.1, 0.15) is 26.7 Å². The van der Waals surface area contributed by atoms with Crippen molar-refractivity contribution in [2.75, 3.05) is 19.6 Å². The van der Waals surface area contributed by atoms with E-state index in [0.29, 0.717) is 6.04 Å². The van der Waals surface area contributed by atoms with Crippen LogP contribution in [0.4, 0.5) is 0 Å². The highest BCUT2D eigenvalue weighted by molar-refractivity contribution is 5.87. The predicted octanol–water partition coefficient (Wildman–Crippen LogP) is 1.12. The molecule has 1 heterocycles. The maximum atomic E-state index is 4.25. The molecule has 0 spiro atoms. The lowest BCUT2D eigenvalue weighted by Crippen LogP contribution is -2.45. The molecule has 0 aromatic heterocycles. The average Bonchev–Trinajstić information content (AvgIpc) is 2.32. The molecule has 1 saturated heterocycles. The van der Waals surface area contributed by atoms with Crippen LogP contribution in [0.5, 0.6) is 0 Å². The zero-order valence-electron chi connectivity index (χ0n) is 10.2. The Labute approximate surface area is 97.3 Å². The molecule has 0 aliphatic carbocycles. The van der Waals surface area contributed by atoms with Gasteiger partial charge in [-0.1, -0.05) is 0 Å². The Kier molecular flexibility index (Phi) is 5.71. The molecule has 0 amide bonds. The first-order chi connectivity index (χ1) is 7.79. The first-order valence-corrected chi connectivity index (χ1v) is 5.78. The van der Waals surface area contributed by atoms with Crippen molar-refractivity contribution in [1.29, 1.82) is 0 Å². The second kappa shape index (κ2) is 7.11. The Morgan fingerprint density at radius 3 is 3.00 bits per heavy atom. The van der Waals surface area contributed by atoms with E-state index in [2.05, 4.69) is 27.1 Å². The van der Waals surface area contributed by atoms with Crippen LogP contribution in [0, 0.1) is 0 Å². The van der Waals surface area contributed by atoms with E-state index < -0.39 is 0 Å². The van der Waals surface area contributed by atoms with E-state index in [-0.39, 0.29) is 0 Å². The van der Waals surface area contributed by atoms with Gasteiger partial charge >= 0.3 is 0 Å². The summed E-state index contributed by atoms with van der Waals surface area (Å²) in [4.78, 5) is 8.31. The molecular formula is C11H21N5. The van der Waals surface area contributed by atoms with Crippen LogP contribution in [0.25, 0.3) is 0 Å². The number of aliphatic imine (C=N–C) groups is 2. The van der Waals surface area contributed by atoms with E-state index in [4.69, 9.17) is 0 Å². The molecule has 5 nitrogen and oxygen atoms in total. The summed E-state index contributed by atoms with van der Waals surface area (Å²) in [5.41, 5.74) is 0. The van der Waals surface area contributed by atoms with Crippen LogP contribution >= 0.6 is 0 Å². The zero-order valence-corrected chi connectivity index (χ0v) is 10.2. The number of rotatable bonds is 4. The normalized spacial score (nSPS) is 22.4. The fourth-order valence-electron chi connectivity index (χ4n) is 1.79. The maximum Gasteiger partial charge on any atom is 0.124 e. The van der Waals surface area contributed by atoms with E-state index in [1.807, 2.05) is 18.9 Å². The van der Waals surface area contributed by atoms with Crippen molar-refractivity contribution in [3.8, 4) is 0 Å². The summed E-state index contributed by atoms with van der Waals surface area (Å²) in [5.74, 6) is 0.848. The van der Waals surface area contributed by atoms with Gasteiger partial charge in [-0.15, -0.1) is 0 Å². The second-order valence-corrected chi connectivity index (χ2v) is 3.78. The predicted molar refractivity (Wildman–Crippen MR) is 69.4 cm³/mol. The minimum atomic E-state index is 0.366. The molecule has 16 heavy (non-hydrogen) atoms. The molecule has 1 fully saturated rings.